The first-order valence-electron chi connectivity index (χ1n) is 4.30. The zero-order valence-corrected chi connectivity index (χ0v) is 8.75. The summed E-state index contributed by atoms with van der Waals surface area (Å²) in [6, 6.07) is 1.83. The van der Waals surface area contributed by atoms with Gasteiger partial charge in [0.05, 0.1) is 18.2 Å². The molecule has 0 spiro atoms. The summed E-state index contributed by atoms with van der Waals surface area (Å²) in [4.78, 5) is 0. The van der Waals surface area contributed by atoms with E-state index in [0.717, 1.165) is 11.5 Å². The van der Waals surface area contributed by atoms with Crippen LogP contribution in [0.3, 0.4) is 0 Å². The van der Waals surface area contributed by atoms with Gasteiger partial charge >= 0.3 is 0 Å². The average Bonchev–Trinajstić information content (AvgIpc) is 2.66. The fraction of sp³-hybridized carbons (Fsp3) is 0.500. The summed E-state index contributed by atoms with van der Waals surface area (Å²) in [5.41, 5.74) is 0.741. The van der Waals surface area contributed by atoms with Gasteiger partial charge in [0.1, 0.15) is 12.4 Å². The maximum absolute atomic E-state index is 5.59. The molecule has 0 fully saturated rings. The molecular formula is C10H12ClNO2. The Kier molecular flexibility index (Phi) is 4.51. The van der Waals surface area contributed by atoms with Crippen LogP contribution in [0.4, 0.5) is 0 Å². The molecule has 0 saturated heterocycles. The van der Waals surface area contributed by atoms with Crippen molar-refractivity contribution in [2.45, 2.75) is 18.7 Å². The van der Waals surface area contributed by atoms with Gasteiger partial charge in [-0.1, -0.05) is 18.0 Å². The third-order valence-electron chi connectivity index (χ3n) is 1.75. The molecule has 0 aliphatic heterocycles. The van der Waals surface area contributed by atoms with E-state index in [1.54, 1.807) is 0 Å². The van der Waals surface area contributed by atoms with Gasteiger partial charge in [0, 0.05) is 12.0 Å². The normalized spacial score (nSPS) is 12.4. The van der Waals surface area contributed by atoms with Crippen LogP contribution in [0.25, 0.3) is 0 Å². The first kappa shape index (κ1) is 11.1. The molecule has 14 heavy (non-hydrogen) atoms. The molecule has 0 N–H and O–H groups in total. The molecule has 0 aromatic carbocycles. The number of alkyl halides is 1. The minimum Gasteiger partial charge on any atom is -0.368 e. The lowest BCUT2D eigenvalue weighted by Crippen LogP contribution is -2.03. The highest BCUT2D eigenvalue weighted by Gasteiger charge is 2.11. The SMILES string of the molecule is C#CCOCC(C)c1cc(CCl)no1. The van der Waals surface area contributed by atoms with Gasteiger partial charge in [-0.3, -0.25) is 0 Å². The molecule has 3 nitrogen and oxygen atoms in total. The number of halogens is 1. The Morgan fingerprint density at radius 3 is 3.14 bits per heavy atom. The smallest absolute Gasteiger partial charge is 0.142 e. The summed E-state index contributed by atoms with van der Waals surface area (Å²) in [7, 11) is 0. The van der Waals surface area contributed by atoms with Crippen molar-refractivity contribution in [2.75, 3.05) is 13.2 Å². The Labute approximate surface area is 88.4 Å². The van der Waals surface area contributed by atoms with Crippen LogP contribution in [0.2, 0.25) is 0 Å². The first-order chi connectivity index (χ1) is 6.77. The van der Waals surface area contributed by atoms with Crippen molar-refractivity contribution in [1.82, 2.24) is 5.16 Å². The number of terminal acetylenes is 1. The predicted molar refractivity (Wildman–Crippen MR) is 54.1 cm³/mol. The summed E-state index contributed by atoms with van der Waals surface area (Å²) in [5.74, 6) is 3.69. The second-order valence-electron chi connectivity index (χ2n) is 2.97. The van der Waals surface area contributed by atoms with Gasteiger partial charge in [-0.15, -0.1) is 18.0 Å². The molecule has 0 radical (unpaired) electrons. The average molecular weight is 214 g/mol. The fourth-order valence-electron chi connectivity index (χ4n) is 1.00. The van der Waals surface area contributed by atoms with Crippen LogP contribution in [0, 0.1) is 12.3 Å². The van der Waals surface area contributed by atoms with Crippen LogP contribution in [-0.4, -0.2) is 18.4 Å². The summed E-state index contributed by atoms with van der Waals surface area (Å²) < 4.78 is 10.3. The lowest BCUT2D eigenvalue weighted by Gasteiger charge is -2.05. The number of ether oxygens (including phenoxy) is 1. The molecule has 0 aliphatic carbocycles. The van der Waals surface area contributed by atoms with Crippen LogP contribution in [0.15, 0.2) is 10.6 Å². The van der Waals surface area contributed by atoms with Crippen molar-refractivity contribution in [1.29, 1.82) is 0 Å². The monoisotopic (exact) mass is 213 g/mol. The van der Waals surface area contributed by atoms with E-state index in [0.29, 0.717) is 19.1 Å². The van der Waals surface area contributed by atoms with Crippen molar-refractivity contribution in [3.8, 4) is 12.3 Å². The number of hydrogen-bond acceptors (Lipinski definition) is 3. The van der Waals surface area contributed by atoms with Crippen molar-refractivity contribution < 1.29 is 9.26 Å². The number of nitrogens with zero attached hydrogens (tertiary/aromatic N) is 1. The Morgan fingerprint density at radius 2 is 2.57 bits per heavy atom. The second kappa shape index (κ2) is 5.69. The van der Waals surface area contributed by atoms with Crippen LogP contribution < -0.4 is 0 Å². The summed E-state index contributed by atoms with van der Waals surface area (Å²) >= 11 is 5.59. The number of hydrogen-bond donors (Lipinski definition) is 0. The van der Waals surface area contributed by atoms with Gasteiger partial charge < -0.3 is 9.26 Å². The fourth-order valence-corrected chi connectivity index (χ4v) is 1.13. The summed E-state index contributed by atoms with van der Waals surface area (Å²) in [6.45, 7) is 2.83. The minimum absolute atomic E-state index is 0.146. The van der Waals surface area contributed by atoms with E-state index in [-0.39, 0.29) is 5.92 Å². The van der Waals surface area contributed by atoms with Crippen molar-refractivity contribution in [3.63, 3.8) is 0 Å². The molecule has 4 heteroatoms. The number of rotatable bonds is 5. The molecule has 76 valence electrons. The lowest BCUT2D eigenvalue weighted by atomic mass is 10.1. The quantitative estimate of drug-likeness (QED) is 0.427. The molecule has 0 saturated carbocycles. The summed E-state index contributed by atoms with van der Waals surface area (Å²) in [5, 5.41) is 3.78. The van der Waals surface area contributed by atoms with E-state index in [2.05, 4.69) is 11.1 Å². The molecule has 1 rings (SSSR count). The summed E-state index contributed by atoms with van der Waals surface area (Å²) in [6.07, 6.45) is 5.05. The molecule has 0 amide bonds. The van der Waals surface area contributed by atoms with E-state index < -0.39 is 0 Å². The standard InChI is InChI=1S/C10H12ClNO2/c1-3-4-13-7-8(2)10-5-9(6-11)12-14-10/h1,5,8H,4,6-7H2,2H3. The van der Waals surface area contributed by atoms with Gasteiger partial charge in [-0.2, -0.15) is 0 Å². The van der Waals surface area contributed by atoms with Gasteiger partial charge in [-0.25, -0.2) is 0 Å². The molecule has 1 aromatic heterocycles. The van der Waals surface area contributed by atoms with Gasteiger partial charge in [-0.05, 0) is 0 Å². The van der Waals surface area contributed by atoms with Crippen molar-refractivity contribution in [2.24, 2.45) is 0 Å². The minimum atomic E-state index is 0.146. The van der Waals surface area contributed by atoms with E-state index in [1.165, 1.54) is 0 Å². The van der Waals surface area contributed by atoms with Crippen LogP contribution in [-0.2, 0) is 10.6 Å². The van der Waals surface area contributed by atoms with E-state index >= 15 is 0 Å². The van der Waals surface area contributed by atoms with E-state index in [9.17, 15) is 0 Å². The highest BCUT2D eigenvalue weighted by Crippen LogP contribution is 2.17. The van der Waals surface area contributed by atoms with Gasteiger partial charge in [0.25, 0.3) is 0 Å². The molecule has 1 heterocycles. The predicted octanol–water partition coefficient (Wildman–Crippen LogP) is 2.17. The van der Waals surface area contributed by atoms with E-state index in [1.807, 2.05) is 13.0 Å². The topological polar surface area (TPSA) is 35.3 Å². The zero-order valence-electron chi connectivity index (χ0n) is 8.00. The maximum Gasteiger partial charge on any atom is 0.142 e. The molecule has 1 unspecified atom stereocenters. The van der Waals surface area contributed by atoms with Gasteiger partial charge in [0.15, 0.2) is 0 Å². The second-order valence-corrected chi connectivity index (χ2v) is 3.24. The molecule has 1 atom stereocenters. The highest BCUT2D eigenvalue weighted by atomic mass is 35.5. The van der Waals surface area contributed by atoms with Crippen LogP contribution >= 0.6 is 11.6 Å². The van der Waals surface area contributed by atoms with Crippen LogP contribution in [0.1, 0.15) is 24.3 Å². The Balaban J connectivity index is 2.44. The lowest BCUT2D eigenvalue weighted by molar-refractivity contribution is 0.145. The largest absolute Gasteiger partial charge is 0.368 e. The molecule has 1 aromatic rings. The third kappa shape index (κ3) is 3.06. The molecular weight excluding hydrogens is 202 g/mol. The Hall–Kier alpha value is -0.980. The third-order valence-corrected chi connectivity index (χ3v) is 2.03. The first-order valence-corrected chi connectivity index (χ1v) is 4.84. The zero-order chi connectivity index (χ0) is 10.4. The molecule has 0 aliphatic rings. The van der Waals surface area contributed by atoms with Crippen molar-refractivity contribution >= 4 is 11.6 Å². The highest BCUT2D eigenvalue weighted by molar-refractivity contribution is 6.16. The van der Waals surface area contributed by atoms with Gasteiger partial charge in [0.2, 0.25) is 0 Å². The Morgan fingerprint density at radius 1 is 1.79 bits per heavy atom. The van der Waals surface area contributed by atoms with E-state index in [4.69, 9.17) is 27.3 Å². The van der Waals surface area contributed by atoms with Crippen LogP contribution in [0.5, 0.6) is 0 Å². The van der Waals surface area contributed by atoms with Crippen molar-refractivity contribution in [3.05, 3.63) is 17.5 Å². The maximum atomic E-state index is 5.59. The Bertz CT molecular complexity index is 316. The number of aromatic nitrogens is 1. The molecule has 0 bridgehead atoms.